The van der Waals surface area contributed by atoms with Crippen LogP contribution in [0, 0.1) is 0 Å². The lowest BCUT2D eigenvalue weighted by atomic mass is 10.2. The quantitative estimate of drug-likeness (QED) is 0.575. The van der Waals surface area contributed by atoms with E-state index in [2.05, 4.69) is 16.0 Å². The standard InChI is InChI=1S/C10H21N3O3/c1-10(2,3)16-9(15)13-6-5-12-7-8(14)11-4/h12H,5-7H2,1-4H3,(H,11,14)(H,13,15). The highest BCUT2D eigenvalue weighted by molar-refractivity contribution is 5.77. The van der Waals surface area contributed by atoms with Gasteiger partial charge in [0.25, 0.3) is 0 Å². The molecule has 0 saturated heterocycles. The summed E-state index contributed by atoms with van der Waals surface area (Å²) in [6.45, 7) is 6.59. The fourth-order valence-corrected chi connectivity index (χ4v) is 0.857. The van der Waals surface area contributed by atoms with Gasteiger partial charge in [0.1, 0.15) is 5.60 Å². The van der Waals surface area contributed by atoms with Crippen molar-refractivity contribution in [3.63, 3.8) is 0 Å². The molecule has 0 unspecified atom stereocenters. The Morgan fingerprint density at radius 2 is 1.81 bits per heavy atom. The van der Waals surface area contributed by atoms with Crippen LogP contribution in [0.1, 0.15) is 20.8 Å². The van der Waals surface area contributed by atoms with Crippen molar-refractivity contribution in [2.45, 2.75) is 26.4 Å². The lowest BCUT2D eigenvalue weighted by molar-refractivity contribution is -0.119. The van der Waals surface area contributed by atoms with Crippen molar-refractivity contribution < 1.29 is 14.3 Å². The van der Waals surface area contributed by atoms with Gasteiger partial charge in [0.2, 0.25) is 5.91 Å². The zero-order valence-corrected chi connectivity index (χ0v) is 10.3. The van der Waals surface area contributed by atoms with Gasteiger partial charge in [-0.25, -0.2) is 4.79 Å². The first-order valence-corrected chi connectivity index (χ1v) is 5.23. The van der Waals surface area contributed by atoms with Gasteiger partial charge < -0.3 is 20.7 Å². The molecule has 3 N–H and O–H groups in total. The summed E-state index contributed by atoms with van der Waals surface area (Å²) in [7, 11) is 1.57. The molecule has 0 aromatic rings. The summed E-state index contributed by atoms with van der Waals surface area (Å²) >= 11 is 0. The average molecular weight is 231 g/mol. The third-order valence-corrected chi connectivity index (χ3v) is 1.53. The fraction of sp³-hybridized carbons (Fsp3) is 0.800. The van der Waals surface area contributed by atoms with Crippen molar-refractivity contribution in [3.05, 3.63) is 0 Å². The largest absolute Gasteiger partial charge is 0.444 e. The molecule has 0 aliphatic heterocycles. The van der Waals surface area contributed by atoms with Gasteiger partial charge in [-0.05, 0) is 20.8 Å². The van der Waals surface area contributed by atoms with E-state index in [-0.39, 0.29) is 12.5 Å². The number of amides is 2. The molecule has 0 aromatic carbocycles. The Bertz CT molecular complexity index is 236. The van der Waals surface area contributed by atoms with Crippen LogP contribution in [0.5, 0.6) is 0 Å². The van der Waals surface area contributed by atoms with Crippen molar-refractivity contribution in [2.75, 3.05) is 26.7 Å². The minimum Gasteiger partial charge on any atom is -0.444 e. The van der Waals surface area contributed by atoms with Crippen LogP contribution in [0.3, 0.4) is 0 Å². The maximum absolute atomic E-state index is 11.2. The summed E-state index contributed by atoms with van der Waals surface area (Å²) in [4.78, 5) is 22.0. The van der Waals surface area contributed by atoms with Crippen LogP contribution < -0.4 is 16.0 Å². The molecule has 0 fully saturated rings. The number of carbonyl (C=O) groups is 2. The third kappa shape index (κ3) is 9.26. The van der Waals surface area contributed by atoms with E-state index < -0.39 is 11.7 Å². The fourth-order valence-electron chi connectivity index (χ4n) is 0.857. The first-order valence-electron chi connectivity index (χ1n) is 5.23. The third-order valence-electron chi connectivity index (χ3n) is 1.53. The van der Waals surface area contributed by atoms with Gasteiger partial charge in [0.15, 0.2) is 0 Å². The Labute approximate surface area is 96.1 Å². The van der Waals surface area contributed by atoms with E-state index in [4.69, 9.17) is 4.74 Å². The summed E-state index contributed by atoms with van der Waals surface area (Å²) in [5.41, 5.74) is -0.486. The lowest BCUT2D eigenvalue weighted by Crippen LogP contribution is -2.38. The SMILES string of the molecule is CNC(=O)CNCCNC(=O)OC(C)(C)C. The number of hydrogen-bond donors (Lipinski definition) is 3. The van der Waals surface area contributed by atoms with Crippen LogP contribution in [0.15, 0.2) is 0 Å². The Kier molecular flexibility index (Phi) is 6.48. The van der Waals surface area contributed by atoms with Crippen LogP contribution in [0.25, 0.3) is 0 Å². The predicted octanol–water partition coefficient (Wildman–Crippen LogP) is -0.153. The number of likely N-dealkylation sites (N-methyl/N-ethyl adjacent to an activating group) is 1. The molecule has 0 saturated carbocycles. The van der Waals surface area contributed by atoms with Crippen LogP contribution in [0.4, 0.5) is 4.79 Å². The Hall–Kier alpha value is -1.30. The monoisotopic (exact) mass is 231 g/mol. The van der Waals surface area contributed by atoms with Crippen molar-refractivity contribution in [1.29, 1.82) is 0 Å². The molecule has 0 spiro atoms. The molecule has 6 nitrogen and oxygen atoms in total. The van der Waals surface area contributed by atoms with E-state index in [0.29, 0.717) is 13.1 Å². The Morgan fingerprint density at radius 3 is 2.31 bits per heavy atom. The van der Waals surface area contributed by atoms with Gasteiger partial charge >= 0.3 is 6.09 Å². The summed E-state index contributed by atoms with van der Waals surface area (Å²) in [5.74, 6) is -0.0859. The van der Waals surface area contributed by atoms with Gasteiger partial charge in [-0.2, -0.15) is 0 Å². The minimum atomic E-state index is -0.486. The molecule has 0 aliphatic carbocycles. The summed E-state index contributed by atoms with van der Waals surface area (Å²) in [6.07, 6.45) is -0.450. The second kappa shape index (κ2) is 7.05. The topological polar surface area (TPSA) is 79.5 Å². The van der Waals surface area contributed by atoms with Crippen molar-refractivity contribution >= 4 is 12.0 Å². The number of alkyl carbamates (subject to hydrolysis) is 1. The molecule has 0 bridgehead atoms. The highest BCUT2D eigenvalue weighted by Crippen LogP contribution is 2.05. The summed E-state index contributed by atoms with van der Waals surface area (Å²) < 4.78 is 5.03. The second-order valence-electron chi connectivity index (χ2n) is 4.28. The molecule has 2 amide bonds. The second-order valence-corrected chi connectivity index (χ2v) is 4.28. The van der Waals surface area contributed by atoms with E-state index >= 15 is 0 Å². The lowest BCUT2D eigenvalue weighted by Gasteiger charge is -2.19. The minimum absolute atomic E-state index is 0.0859. The van der Waals surface area contributed by atoms with Crippen molar-refractivity contribution in [1.82, 2.24) is 16.0 Å². The van der Waals surface area contributed by atoms with Crippen LogP contribution in [-0.2, 0) is 9.53 Å². The van der Waals surface area contributed by atoms with E-state index in [1.807, 2.05) is 0 Å². The molecule has 0 aliphatic rings. The number of nitrogens with one attached hydrogen (secondary N) is 3. The highest BCUT2D eigenvalue weighted by atomic mass is 16.6. The van der Waals surface area contributed by atoms with E-state index in [1.54, 1.807) is 27.8 Å². The zero-order chi connectivity index (χ0) is 12.6. The molecule has 0 atom stereocenters. The highest BCUT2D eigenvalue weighted by Gasteiger charge is 2.15. The van der Waals surface area contributed by atoms with E-state index in [0.717, 1.165) is 0 Å². The first-order chi connectivity index (χ1) is 7.35. The first kappa shape index (κ1) is 14.7. The number of ether oxygens (including phenoxy) is 1. The van der Waals surface area contributed by atoms with Gasteiger partial charge in [-0.3, -0.25) is 4.79 Å². The van der Waals surface area contributed by atoms with Crippen molar-refractivity contribution in [2.24, 2.45) is 0 Å². The van der Waals surface area contributed by atoms with Crippen LogP contribution in [-0.4, -0.2) is 44.3 Å². The normalized spacial score (nSPS) is 10.8. The van der Waals surface area contributed by atoms with Gasteiger partial charge in [0.05, 0.1) is 6.54 Å². The molecule has 0 heterocycles. The predicted molar refractivity (Wildman–Crippen MR) is 61.2 cm³/mol. The van der Waals surface area contributed by atoms with Crippen LogP contribution in [0.2, 0.25) is 0 Å². The van der Waals surface area contributed by atoms with Crippen molar-refractivity contribution in [3.8, 4) is 0 Å². The number of hydrogen-bond acceptors (Lipinski definition) is 4. The summed E-state index contributed by atoms with van der Waals surface area (Å²) in [5, 5.41) is 7.93. The zero-order valence-electron chi connectivity index (χ0n) is 10.3. The number of carbonyl (C=O) groups excluding carboxylic acids is 2. The smallest absolute Gasteiger partial charge is 0.407 e. The Balaban J connectivity index is 3.45. The molecular formula is C10H21N3O3. The maximum Gasteiger partial charge on any atom is 0.407 e. The molecule has 0 radical (unpaired) electrons. The molecule has 94 valence electrons. The molecular weight excluding hydrogens is 210 g/mol. The number of rotatable bonds is 5. The van der Waals surface area contributed by atoms with Gasteiger partial charge in [-0.15, -0.1) is 0 Å². The van der Waals surface area contributed by atoms with Crippen LogP contribution >= 0.6 is 0 Å². The maximum atomic E-state index is 11.2. The van der Waals surface area contributed by atoms with Gasteiger partial charge in [0, 0.05) is 20.1 Å². The molecule has 16 heavy (non-hydrogen) atoms. The molecule has 6 heteroatoms. The Morgan fingerprint density at radius 1 is 1.19 bits per heavy atom. The average Bonchev–Trinajstić information content (AvgIpc) is 2.14. The van der Waals surface area contributed by atoms with E-state index in [9.17, 15) is 9.59 Å². The van der Waals surface area contributed by atoms with E-state index in [1.165, 1.54) is 0 Å². The molecule has 0 aromatic heterocycles. The van der Waals surface area contributed by atoms with Gasteiger partial charge in [-0.1, -0.05) is 0 Å². The molecule has 0 rings (SSSR count). The summed E-state index contributed by atoms with van der Waals surface area (Å²) in [6, 6.07) is 0.